The molecule has 1 aliphatic heterocycles. The highest BCUT2D eigenvalue weighted by atomic mass is 19.4. The molecule has 0 amide bonds. The van der Waals surface area contributed by atoms with Gasteiger partial charge in [-0.1, -0.05) is 6.92 Å². The van der Waals surface area contributed by atoms with Gasteiger partial charge in [-0.3, -0.25) is 4.98 Å². The van der Waals surface area contributed by atoms with Crippen molar-refractivity contribution in [2.24, 2.45) is 11.3 Å². The number of hydrogen-bond donors (Lipinski definition) is 2. The SMILES string of the molecule is C[C@@]12CNC[C@@H]1C[C@@H](Nc1ccc(-c3cnccc3C(F)(F)F)nn1)C2. The molecule has 1 saturated heterocycles. The van der Waals surface area contributed by atoms with E-state index in [1.807, 2.05) is 0 Å². The molecule has 138 valence electrons. The van der Waals surface area contributed by atoms with Crippen molar-refractivity contribution in [2.75, 3.05) is 18.4 Å². The maximum Gasteiger partial charge on any atom is 0.417 e. The zero-order valence-electron chi connectivity index (χ0n) is 14.3. The van der Waals surface area contributed by atoms with E-state index in [0.717, 1.165) is 38.2 Å². The van der Waals surface area contributed by atoms with Crippen LogP contribution in [-0.2, 0) is 6.18 Å². The number of halogens is 3. The molecule has 0 unspecified atom stereocenters. The first-order chi connectivity index (χ1) is 12.4. The van der Waals surface area contributed by atoms with Crippen LogP contribution in [0.1, 0.15) is 25.3 Å². The van der Waals surface area contributed by atoms with E-state index in [4.69, 9.17) is 0 Å². The Morgan fingerprint density at radius 2 is 2.08 bits per heavy atom. The maximum absolute atomic E-state index is 13.1. The van der Waals surface area contributed by atoms with Crippen molar-refractivity contribution in [3.8, 4) is 11.3 Å². The fourth-order valence-electron chi connectivity index (χ4n) is 4.24. The van der Waals surface area contributed by atoms with Gasteiger partial charge in [0.15, 0.2) is 0 Å². The van der Waals surface area contributed by atoms with E-state index in [1.54, 1.807) is 12.1 Å². The number of nitrogens with zero attached hydrogens (tertiary/aromatic N) is 3. The van der Waals surface area contributed by atoms with Crippen molar-refractivity contribution in [2.45, 2.75) is 32.0 Å². The third-order valence-electron chi connectivity index (χ3n) is 5.61. The molecule has 3 atom stereocenters. The molecule has 8 heteroatoms. The number of anilines is 1. The summed E-state index contributed by atoms with van der Waals surface area (Å²) in [5, 5.41) is 14.9. The third kappa shape index (κ3) is 3.13. The fraction of sp³-hybridized carbons (Fsp3) is 0.500. The van der Waals surface area contributed by atoms with Gasteiger partial charge in [0.25, 0.3) is 0 Å². The first-order valence-corrected chi connectivity index (χ1v) is 8.68. The number of rotatable bonds is 3. The summed E-state index contributed by atoms with van der Waals surface area (Å²) < 4.78 is 39.4. The van der Waals surface area contributed by atoms with Crippen molar-refractivity contribution in [3.63, 3.8) is 0 Å². The highest BCUT2D eigenvalue weighted by Crippen LogP contribution is 2.46. The predicted octanol–water partition coefficient (Wildman–Crippen LogP) is 3.36. The largest absolute Gasteiger partial charge is 0.417 e. The normalized spacial score (nSPS) is 28.2. The molecule has 0 radical (unpaired) electrons. The molecule has 26 heavy (non-hydrogen) atoms. The van der Waals surface area contributed by atoms with Crippen LogP contribution in [0.5, 0.6) is 0 Å². The Hall–Kier alpha value is -2.22. The molecule has 2 aromatic rings. The minimum absolute atomic E-state index is 0.0620. The molecule has 2 N–H and O–H groups in total. The molecule has 0 spiro atoms. The van der Waals surface area contributed by atoms with Crippen LogP contribution >= 0.6 is 0 Å². The van der Waals surface area contributed by atoms with Gasteiger partial charge in [-0.25, -0.2) is 0 Å². The Labute approximate surface area is 149 Å². The van der Waals surface area contributed by atoms with Gasteiger partial charge in [0.2, 0.25) is 0 Å². The first-order valence-electron chi connectivity index (χ1n) is 8.68. The standard InChI is InChI=1S/C18H20F3N5/c1-17-7-12(6-11(17)8-23-10-17)24-16-3-2-15(25-26-16)13-9-22-5-4-14(13)18(19,20)21/h2-5,9,11-12,23H,6-8,10H2,1H3,(H,24,26)/t11-,12+,17+/m0/s1. The molecule has 5 nitrogen and oxygen atoms in total. The van der Waals surface area contributed by atoms with E-state index in [2.05, 4.69) is 32.7 Å². The van der Waals surface area contributed by atoms with E-state index < -0.39 is 11.7 Å². The molecule has 2 aliphatic rings. The predicted molar refractivity (Wildman–Crippen MR) is 91.4 cm³/mol. The highest BCUT2D eigenvalue weighted by Gasteiger charge is 2.46. The number of pyridine rings is 1. The molecule has 1 aliphatic carbocycles. The Bertz CT molecular complexity index is 792. The molecule has 4 rings (SSSR count). The number of hydrogen-bond acceptors (Lipinski definition) is 5. The van der Waals surface area contributed by atoms with Crippen LogP contribution in [0.2, 0.25) is 0 Å². The average molecular weight is 363 g/mol. The lowest BCUT2D eigenvalue weighted by atomic mass is 9.83. The Morgan fingerprint density at radius 1 is 1.23 bits per heavy atom. The van der Waals surface area contributed by atoms with Crippen LogP contribution in [0.4, 0.5) is 19.0 Å². The van der Waals surface area contributed by atoms with E-state index in [1.165, 1.54) is 6.20 Å². The van der Waals surface area contributed by atoms with Gasteiger partial charge in [-0.15, -0.1) is 10.2 Å². The minimum Gasteiger partial charge on any atom is -0.366 e. The summed E-state index contributed by atoms with van der Waals surface area (Å²) in [4.78, 5) is 3.79. The highest BCUT2D eigenvalue weighted by molar-refractivity contribution is 5.63. The van der Waals surface area contributed by atoms with Gasteiger partial charge in [0.05, 0.1) is 11.3 Å². The monoisotopic (exact) mass is 363 g/mol. The number of alkyl halides is 3. The summed E-state index contributed by atoms with van der Waals surface area (Å²) >= 11 is 0. The summed E-state index contributed by atoms with van der Waals surface area (Å²) in [6, 6.07) is 4.51. The number of fused-ring (bicyclic) bond motifs is 1. The van der Waals surface area contributed by atoms with Crippen LogP contribution in [0.3, 0.4) is 0 Å². The second kappa shape index (κ2) is 6.19. The number of nitrogens with one attached hydrogen (secondary N) is 2. The lowest BCUT2D eigenvalue weighted by Gasteiger charge is -2.22. The molecular weight excluding hydrogens is 343 g/mol. The number of aromatic nitrogens is 3. The second-order valence-electron chi connectivity index (χ2n) is 7.49. The van der Waals surface area contributed by atoms with Crippen LogP contribution < -0.4 is 10.6 Å². The van der Waals surface area contributed by atoms with Gasteiger partial charge < -0.3 is 10.6 Å². The van der Waals surface area contributed by atoms with E-state index in [9.17, 15) is 13.2 Å². The smallest absolute Gasteiger partial charge is 0.366 e. The maximum atomic E-state index is 13.1. The van der Waals surface area contributed by atoms with Crippen LogP contribution in [0.25, 0.3) is 11.3 Å². The van der Waals surface area contributed by atoms with Crippen LogP contribution in [0.15, 0.2) is 30.6 Å². The van der Waals surface area contributed by atoms with Gasteiger partial charge in [0.1, 0.15) is 5.82 Å². The average Bonchev–Trinajstić information content (AvgIpc) is 3.09. The Kier molecular flexibility index (Phi) is 4.10. The van der Waals surface area contributed by atoms with E-state index in [0.29, 0.717) is 23.2 Å². The first kappa shape index (κ1) is 17.2. The Balaban J connectivity index is 1.50. The molecule has 0 bridgehead atoms. The van der Waals surface area contributed by atoms with Crippen LogP contribution in [0, 0.1) is 11.3 Å². The zero-order valence-corrected chi connectivity index (χ0v) is 14.3. The quantitative estimate of drug-likeness (QED) is 0.876. The van der Waals surface area contributed by atoms with Crippen molar-refractivity contribution in [3.05, 3.63) is 36.2 Å². The lowest BCUT2D eigenvalue weighted by Crippen LogP contribution is -2.25. The van der Waals surface area contributed by atoms with Gasteiger partial charge in [-0.2, -0.15) is 13.2 Å². The van der Waals surface area contributed by atoms with Gasteiger partial charge >= 0.3 is 6.18 Å². The second-order valence-corrected chi connectivity index (χ2v) is 7.49. The van der Waals surface area contributed by atoms with E-state index in [-0.39, 0.29) is 11.3 Å². The molecule has 2 fully saturated rings. The molecule has 1 saturated carbocycles. The summed E-state index contributed by atoms with van der Waals surface area (Å²) in [6.45, 7) is 4.37. The zero-order chi connectivity index (χ0) is 18.4. The molecule has 3 heterocycles. The van der Waals surface area contributed by atoms with Crippen LogP contribution in [-0.4, -0.2) is 34.3 Å². The van der Waals surface area contributed by atoms with E-state index >= 15 is 0 Å². The summed E-state index contributed by atoms with van der Waals surface area (Å²) in [6.07, 6.45) is -0.0430. The Morgan fingerprint density at radius 3 is 2.77 bits per heavy atom. The third-order valence-corrected chi connectivity index (χ3v) is 5.61. The van der Waals surface area contributed by atoms with Crippen molar-refractivity contribution < 1.29 is 13.2 Å². The van der Waals surface area contributed by atoms with Gasteiger partial charge in [0, 0.05) is 30.5 Å². The van der Waals surface area contributed by atoms with Crippen molar-refractivity contribution in [1.29, 1.82) is 0 Å². The van der Waals surface area contributed by atoms with Gasteiger partial charge in [-0.05, 0) is 48.9 Å². The fourth-order valence-corrected chi connectivity index (χ4v) is 4.24. The summed E-state index contributed by atoms with van der Waals surface area (Å²) in [7, 11) is 0. The minimum atomic E-state index is -4.46. The molecule has 2 aromatic heterocycles. The summed E-state index contributed by atoms with van der Waals surface area (Å²) in [5.41, 5.74) is -0.350. The van der Waals surface area contributed by atoms with Crippen molar-refractivity contribution in [1.82, 2.24) is 20.5 Å². The topological polar surface area (TPSA) is 62.7 Å². The molecule has 0 aromatic carbocycles. The molecular formula is C18H20F3N5. The lowest BCUT2D eigenvalue weighted by molar-refractivity contribution is -0.137. The van der Waals surface area contributed by atoms with Crippen molar-refractivity contribution >= 4 is 5.82 Å². The summed E-state index contributed by atoms with van der Waals surface area (Å²) in [5.74, 6) is 1.24.